The first-order valence-electron chi connectivity index (χ1n) is 8.78. The average Bonchev–Trinajstić information content (AvgIpc) is 3.14. The summed E-state index contributed by atoms with van der Waals surface area (Å²) in [5.41, 5.74) is 2.20. The summed E-state index contributed by atoms with van der Waals surface area (Å²) in [4.78, 5) is 24.6. The Morgan fingerprint density at radius 2 is 1.96 bits per heavy atom. The molecule has 3 aromatic rings. The second-order valence-corrected chi connectivity index (χ2v) is 7.95. The molecular weight excluding hydrogens is 376 g/mol. The number of nitrogens with one attached hydrogen (secondary N) is 1. The smallest absolute Gasteiger partial charge is 0.408 e. The van der Waals surface area contributed by atoms with Crippen LogP contribution in [0.4, 0.5) is 4.79 Å². The quantitative estimate of drug-likeness (QED) is 0.670. The van der Waals surface area contributed by atoms with Crippen LogP contribution in [0.5, 0.6) is 5.88 Å². The van der Waals surface area contributed by atoms with E-state index >= 15 is 0 Å². The van der Waals surface area contributed by atoms with Gasteiger partial charge in [-0.05, 0) is 44.5 Å². The summed E-state index contributed by atoms with van der Waals surface area (Å²) >= 11 is 1.47. The third kappa shape index (κ3) is 6.02. The van der Waals surface area contributed by atoms with Crippen LogP contribution in [0.1, 0.15) is 31.3 Å². The zero-order valence-electron chi connectivity index (χ0n) is 16.0. The summed E-state index contributed by atoms with van der Waals surface area (Å²) in [5.74, 6) is 0.544. The first kappa shape index (κ1) is 19.8. The zero-order valence-corrected chi connectivity index (χ0v) is 16.8. The Bertz CT molecular complexity index is 905. The van der Waals surface area contributed by atoms with E-state index in [1.54, 1.807) is 18.6 Å². The number of carbonyl (C=O) groups is 1. The van der Waals surface area contributed by atoms with Gasteiger partial charge in [-0.15, -0.1) is 11.3 Å². The third-order valence-electron chi connectivity index (χ3n) is 3.50. The highest BCUT2D eigenvalue weighted by Gasteiger charge is 2.16. The molecule has 3 rings (SSSR count). The molecule has 8 heteroatoms. The average molecular weight is 398 g/mol. The Morgan fingerprint density at radius 1 is 1.18 bits per heavy atom. The molecule has 146 valence electrons. The van der Waals surface area contributed by atoms with Gasteiger partial charge in [-0.1, -0.05) is 0 Å². The minimum Gasteiger partial charge on any atom is -0.473 e. The highest BCUT2D eigenvalue weighted by atomic mass is 32.1. The van der Waals surface area contributed by atoms with Gasteiger partial charge in [0.05, 0.1) is 12.2 Å². The van der Waals surface area contributed by atoms with E-state index in [1.807, 2.05) is 50.4 Å². The molecule has 3 heterocycles. The van der Waals surface area contributed by atoms with E-state index in [1.165, 1.54) is 11.3 Å². The monoisotopic (exact) mass is 398 g/mol. The number of pyridine rings is 2. The largest absolute Gasteiger partial charge is 0.473 e. The van der Waals surface area contributed by atoms with E-state index in [-0.39, 0.29) is 0 Å². The third-order valence-corrected chi connectivity index (χ3v) is 4.35. The Balaban J connectivity index is 1.54. The van der Waals surface area contributed by atoms with Gasteiger partial charge in [0.1, 0.15) is 17.2 Å². The number of alkyl carbamates (subject to hydrolysis) is 1. The van der Waals surface area contributed by atoms with Crippen molar-refractivity contribution in [2.75, 3.05) is 0 Å². The van der Waals surface area contributed by atoms with Gasteiger partial charge in [0.15, 0.2) is 0 Å². The molecule has 0 aliphatic heterocycles. The zero-order chi connectivity index (χ0) is 20.0. The van der Waals surface area contributed by atoms with Gasteiger partial charge in [0, 0.05) is 35.6 Å². The lowest BCUT2D eigenvalue weighted by atomic mass is 10.2. The van der Waals surface area contributed by atoms with Gasteiger partial charge in [-0.25, -0.2) is 14.8 Å². The van der Waals surface area contributed by atoms with Gasteiger partial charge in [0.2, 0.25) is 5.88 Å². The molecule has 1 amide bonds. The molecule has 0 unspecified atom stereocenters. The summed E-state index contributed by atoms with van der Waals surface area (Å²) in [6.07, 6.45) is 4.73. The van der Waals surface area contributed by atoms with E-state index < -0.39 is 11.7 Å². The predicted molar refractivity (Wildman–Crippen MR) is 107 cm³/mol. The normalized spacial score (nSPS) is 11.1. The fourth-order valence-electron chi connectivity index (χ4n) is 2.24. The van der Waals surface area contributed by atoms with Gasteiger partial charge >= 0.3 is 6.09 Å². The molecule has 0 bridgehead atoms. The van der Waals surface area contributed by atoms with Crippen molar-refractivity contribution in [2.24, 2.45) is 0 Å². The summed E-state index contributed by atoms with van der Waals surface area (Å²) in [6.45, 7) is 6.23. The lowest BCUT2D eigenvalue weighted by Crippen LogP contribution is -2.32. The summed E-state index contributed by atoms with van der Waals surface area (Å²) in [6, 6.07) is 7.52. The maximum atomic E-state index is 11.7. The molecule has 1 N–H and O–H groups in total. The van der Waals surface area contributed by atoms with Crippen molar-refractivity contribution in [1.82, 2.24) is 20.3 Å². The molecule has 0 saturated heterocycles. The molecule has 0 aliphatic carbocycles. The van der Waals surface area contributed by atoms with Crippen molar-refractivity contribution < 1.29 is 14.3 Å². The van der Waals surface area contributed by atoms with Crippen molar-refractivity contribution in [1.29, 1.82) is 0 Å². The Morgan fingerprint density at radius 3 is 2.64 bits per heavy atom. The Hall–Kier alpha value is -3.00. The molecule has 0 fully saturated rings. The summed E-state index contributed by atoms with van der Waals surface area (Å²) in [5, 5.41) is 5.43. The van der Waals surface area contributed by atoms with E-state index in [2.05, 4.69) is 20.3 Å². The van der Waals surface area contributed by atoms with Crippen LogP contribution in [0.3, 0.4) is 0 Å². The highest BCUT2D eigenvalue weighted by molar-refractivity contribution is 7.09. The molecule has 28 heavy (non-hydrogen) atoms. The number of thiazole rings is 1. The second-order valence-electron chi connectivity index (χ2n) is 7.01. The van der Waals surface area contributed by atoms with Crippen LogP contribution in [0.25, 0.3) is 11.3 Å². The molecule has 0 aliphatic rings. The molecule has 0 radical (unpaired) electrons. The first-order chi connectivity index (χ1) is 13.4. The van der Waals surface area contributed by atoms with Crippen molar-refractivity contribution in [2.45, 2.75) is 39.5 Å². The number of amides is 1. The molecular formula is C20H22N4O3S. The maximum Gasteiger partial charge on any atom is 0.408 e. The number of ether oxygens (including phenoxy) is 2. The fourth-order valence-corrected chi connectivity index (χ4v) is 2.98. The van der Waals surface area contributed by atoms with Gasteiger partial charge < -0.3 is 14.8 Å². The van der Waals surface area contributed by atoms with Gasteiger partial charge in [-0.2, -0.15) is 0 Å². The van der Waals surface area contributed by atoms with Crippen LogP contribution in [0, 0.1) is 0 Å². The van der Waals surface area contributed by atoms with E-state index in [0.29, 0.717) is 19.0 Å². The summed E-state index contributed by atoms with van der Waals surface area (Å²) in [7, 11) is 0. The van der Waals surface area contributed by atoms with Crippen molar-refractivity contribution in [3.63, 3.8) is 0 Å². The van der Waals surface area contributed by atoms with Crippen LogP contribution in [-0.4, -0.2) is 26.6 Å². The van der Waals surface area contributed by atoms with Crippen LogP contribution >= 0.6 is 11.3 Å². The standard InChI is InChI=1S/C20H22N4O3S/c1-20(2,3)27-19(25)23-11-18-24-16(13-28-18)15-4-5-17(22-10-15)26-12-14-6-8-21-9-7-14/h4-10,13H,11-12H2,1-3H3,(H,23,25). The van der Waals surface area contributed by atoms with Crippen LogP contribution in [0.2, 0.25) is 0 Å². The van der Waals surface area contributed by atoms with Crippen LogP contribution < -0.4 is 10.1 Å². The Labute approximate surface area is 167 Å². The van der Waals surface area contributed by atoms with Gasteiger partial charge in [0.25, 0.3) is 0 Å². The minimum absolute atomic E-state index is 0.320. The van der Waals surface area contributed by atoms with Crippen molar-refractivity contribution in [3.05, 3.63) is 58.8 Å². The van der Waals surface area contributed by atoms with Crippen LogP contribution in [0.15, 0.2) is 48.2 Å². The van der Waals surface area contributed by atoms with E-state index in [4.69, 9.17) is 9.47 Å². The van der Waals surface area contributed by atoms with E-state index in [9.17, 15) is 4.79 Å². The van der Waals surface area contributed by atoms with Crippen molar-refractivity contribution in [3.8, 4) is 17.1 Å². The minimum atomic E-state index is -0.523. The summed E-state index contributed by atoms with van der Waals surface area (Å²) < 4.78 is 10.9. The lowest BCUT2D eigenvalue weighted by Gasteiger charge is -2.19. The molecule has 7 nitrogen and oxygen atoms in total. The topological polar surface area (TPSA) is 86.2 Å². The molecule has 0 aromatic carbocycles. The maximum absolute atomic E-state index is 11.7. The molecule has 0 spiro atoms. The number of carbonyl (C=O) groups excluding carboxylic acids is 1. The van der Waals surface area contributed by atoms with Crippen LogP contribution in [-0.2, 0) is 17.9 Å². The highest BCUT2D eigenvalue weighted by Crippen LogP contribution is 2.23. The lowest BCUT2D eigenvalue weighted by molar-refractivity contribution is 0.0523. The SMILES string of the molecule is CC(C)(C)OC(=O)NCc1nc(-c2ccc(OCc3ccncc3)nc2)cs1. The second kappa shape index (κ2) is 8.79. The number of rotatable bonds is 6. The van der Waals surface area contributed by atoms with Crippen molar-refractivity contribution >= 4 is 17.4 Å². The number of aromatic nitrogens is 3. The molecule has 0 atom stereocenters. The first-order valence-corrected chi connectivity index (χ1v) is 9.66. The predicted octanol–water partition coefficient (Wildman–Crippen LogP) is 4.20. The van der Waals surface area contributed by atoms with E-state index in [0.717, 1.165) is 21.8 Å². The molecule has 3 aromatic heterocycles. The van der Waals surface area contributed by atoms with Gasteiger partial charge in [-0.3, -0.25) is 4.98 Å². The fraction of sp³-hybridized carbons (Fsp3) is 0.300. The number of nitrogens with zero attached hydrogens (tertiary/aromatic N) is 3. The number of hydrogen-bond acceptors (Lipinski definition) is 7. The molecule has 0 saturated carbocycles. The number of hydrogen-bond donors (Lipinski definition) is 1. The Kier molecular flexibility index (Phi) is 6.20.